The van der Waals surface area contributed by atoms with Gasteiger partial charge in [-0.25, -0.2) is 4.39 Å². The van der Waals surface area contributed by atoms with Crippen LogP contribution in [0.15, 0.2) is 24.3 Å². The number of nitrogens with one attached hydrogen (secondary N) is 1. The fourth-order valence-corrected chi connectivity index (χ4v) is 1.58. The molecule has 1 aromatic rings. The van der Waals surface area contributed by atoms with Gasteiger partial charge in [-0.1, -0.05) is 32.0 Å². The normalized spacial score (nSPS) is 12.5. The number of rotatable bonds is 5. The third kappa shape index (κ3) is 3.82. The summed E-state index contributed by atoms with van der Waals surface area (Å²) in [6.07, 6.45) is 0. The Kier molecular flexibility index (Phi) is 5.10. The number of esters is 1. The zero-order chi connectivity index (χ0) is 12.8. The van der Waals surface area contributed by atoms with Crippen molar-refractivity contribution < 1.29 is 13.9 Å². The lowest BCUT2D eigenvalue weighted by Gasteiger charge is -2.19. The number of methoxy groups -OCH3 is 1. The second-order valence-electron chi connectivity index (χ2n) is 4.22. The molecule has 1 aromatic carbocycles. The van der Waals surface area contributed by atoms with E-state index < -0.39 is 6.04 Å². The Labute approximate surface area is 101 Å². The van der Waals surface area contributed by atoms with Crippen molar-refractivity contribution in [1.29, 1.82) is 0 Å². The highest BCUT2D eigenvalue weighted by molar-refractivity contribution is 5.75. The van der Waals surface area contributed by atoms with E-state index in [4.69, 9.17) is 4.74 Å². The average Bonchev–Trinajstić information content (AvgIpc) is 2.30. The van der Waals surface area contributed by atoms with Crippen LogP contribution < -0.4 is 5.32 Å². The predicted octanol–water partition coefficient (Wildman–Crippen LogP) is 2.11. The molecule has 0 radical (unpaired) electrons. The predicted molar refractivity (Wildman–Crippen MR) is 63.9 cm³/mol. The van der Waals surface area contributed by atoms with Gasteiger partial charge in [0.05, 0.1) is 7.11 Å². The first kappa shape index (κ1) is 13.6. The quantitative estimate of drug-likeness (QED) is 0.800. The van der Waals surface area contributed by atoms with Crippen LogP contribution in [0.5, 0.6) is 0 Å². The number of hydrogen-bond acceptors (Lipinski definition) is 3. The first-order valence-electron chi connectivity index (χ1n) is 5.61. The second kappa shape index (κ2) is 6.35. The molecular weight excluding hydrogens is 221 g/mol. The van der Waals surface area contributed by atoms with E-state index >= 15 is 0 Å². The van der Waals surface area contributed by atoms with Crippen molar-refractivity contribution in [3.8, 4) is 0 Å². The van der Waals surface area contributed by atoms with Crippen LogP contribution in [0, 0.1) is 11.7 Å². The monoisotopic (exact) mass is 239 g/mol. The largest absolute Gasteiger partial charge is 0.468 e. The van der Waals surface area contributed by atoms with Crippen LogP contribution in [0.3, 0.4) is 0 Å². The zero-order valence-corrected chi connectivity index (χ0v) is 10.4. The van der Waals surface area contributed by atoms with Crippen molar-refractivity contribution in [2.75, 3.05) is 7.11 Å². The highest BCUT2D eigenvalue weighted by atomic mass is 19.1. The van der Waals surface area contributed by atoms with Crippen molar-refractivity contribution >= 4 is 5.97 Å². The van der Waals surface area contributed by atoms with Crippen molar-refractivity contribution in [1.82, 2.24) is 5.32 Å². The minimum Gasteiger partial charge on any atom is -0.468 e. The van der Waals surface area contributed by atoms with E-state index in [1.54, 1.807) is 18.2 Å². The Morgan fingerprint density at radius 2 is 2.06 bits per heavy atom. The van der Waals surface area contributed by atoms with Crippen molar-refractivity contribution in [2.45, 2.75) is 26.4 Å². The fourth-order valence-electron chi connectivity index (χ4n) is 1.58. The molecule has 0 spiro atoms. The van der Waals surface area contributed by atoms with Crippen LogP contribution in [-0.4, -0.2) is 19.1 Å². The molecule has 0 heterocycles. The summed E-state index contributed by atoms with van der Waals surface area (Å²) < 4.78 is 18.1. The van der Waals surface area contributed by atoms with Gasteiger partial charge in [0.1, 0.15) is 11.9 Å². The van der Waals surface area contributed by atoms with Crippen molar-refractivity contribution in [2.24, 2.45) is 5.92 Å². The van der Waals surface area contributed by atoms with E-state index in [0.717, 1.165) is 0 Å². The summed E-state index contributed by atoms with van der Waals surface area (Å²) in [7, 11) is 1.35. The Balaban J connectivity index is 2.64. The molecule has 0 aliphatic rings. The second-order valence-corrected chi connectivity index (χ2v) is 4.22. The first-order chi connectivity index (χ1) is 8.06. The van der Waals surface area contributed by atoms with Gasteiger partial charge in [-0.15, -0.1) is 0 Å². The third-order valence-corrected chi connectivity index (χ3v) is 2.59. The number of carbonyl (C=O) groups is 1. The van der Waals surface area contributed by atoms with Crippen LogP contribution in [-0.2, 0) is 16.1 Å². The van der Waals surface area contributed by atoms with Gasteiger partial charge < -0.3 is 4.74 Å². The molecule has 0 saturated carbocycles. The van der Waals surface area contributed by atoms with Gasteiger partial charge in [-0.2, -0.15) is 0 Å². The Morgan fingerprint density at radius 1 is 1.41 bits per heavy atom. The molecule has 1 atom stereocenters. The molecule has 0 aromatic heterocycles. The molecule has 0 aliphatic carbocycles. The smallest absolute Gasteiger partial charge is 0.323 e. The number of halogens is 1. The Bertz CT molecular complexity index is 379. The minimum atomic E-state index is -0.417. The van der Waals surface area contributed by atoms with E-state index in [0.29, 0.717) is 12.1 Å². The maximum atomic E-state index is 13.4. The summed E-state index contributed by atoms with van der Waals surface area (Å²) in [4.78, 5) is 11.5. The lowest BCUT2D eigenvalue weighted by Crippen LogP contribution is -2.41. The maximum Gasteiger partial charge on any atom is 0.323 e. The molecular formula is C13H18FNO2. The molecule has 1 rings (SSSR count). The highest BCUT2D eigenvalue weighted by Gasteiger charge is 2.22. The minimum absolute atomic E-state index is 0.0919. The van der Waals surface area contributed by atoms with E-state index in [2.05, 4.69) is 5.32 Å². The maximum absolute atomic E-state index is 13.4. The number of hydrogen-bond donors (Lipinski definition) is 1. The topological polar surface area (TPSA) is 38.3 Å². The molecule has 0 saturated heterocycles. The van der Waals surface area contributed by atoms with E-state index in [9.17, 15) is 9.18 Å². The summed E-state index contributed by atoms with van der Waals surface area (Å²) in [5.41, 5.74) is 0.544. The Morgan fingerprint density at radius 3 is 2.59 bits per heavy atom. The van der Waals surface area contributed by atoms with Crippen molar-refractivity contribution in [3.63, 3.8) is 0 Å². The van der Waals surface area contributed by atoms with Gasteiger partial charge in [0.2, 0.25) is 0 Å². The molecule has 1 N–H and O–H groups in total. The van der Waals surface area contributed by atoms with Gasteiger partial charge in [-0.05, 0) is 12.0 Å². The summed E-state index contributed by atoms with van der Waals surface area (Å²) in [5.74, 6) is -0.502. The van der Waals surface area contributed by atoms with Crippen LogP contribution in [0.4, 0.5) is 4.39 Å². The molecule has 0 fully saturated rings. The SMILES string of the molecule is COC(=O)C(NCc1ccccc1F)C(C)C. The molecule has 4 heteroatoms. The number of ether oxygens (including phenoxy) is 1. The number of benzene rings is 1. The van der Waals surface area contributed by atoms with Crippen LogP contribution in [0.2, 0.25) is 0 Å². The summed E-state index contributed by atoms with van der Waals surface area (Å²) in [6.45, 7) is 4.14. The Hall–Kier alpha value is -1.42. The van der Waals surface area contributed by atoms with E-state index in [1.807, 2.05) is 13.8 Å². The summed E-state index contributed by atoms with van der Waals surface area (Å²) in [6, 6.07) is 6.08. The number of carbonyl (C=O) groups excluding carboxylic acids is 1. The molecule has 17 heavy (non-hydrogen) atoms. The lowest BCUT2D eigenvalue weighted by molar-refractivity contribution is -0.144. The zero-order valence-electron chi connectivity index (χ0n) is 10.4. The molecule has 94 valence electrons. The summed E-state index contributed by atoms with van der Waals surface area (Å²) >= 11 is 0. The van der Waals surface area contributed by atoms with Gasteiger partial charge in [0.15, 0.2) is 0 Å². The van der Waals surface area contributed by atoms with Crippen LogP contribution in [0.1, 0.15) is 19.4 Å². The summed E-state index contributed by atoms with van der Waals surface area (Å²) in [5, 5.41) is 3.01. The van der Waals surface area contributed by atoms with Gasteiger partial charge in [0.25, 0.3) is 0 Å². The molecule has 1 unspecified atom stereocenters. The third-order valence-electron chi connectivity index (χ3n) is 2.59. The lowest BCUT2D eigenvalue weighted by atomic mass is 10.0. The highest BCUT2D eigenvalue weighted by Crippen LogP contribution is 2.09. The van der Waals surface area contributed by atoms with Crippen LogP contribution in [0.25, 0.3) is 0 Å². The van der Waals surface area contributed by atoms with E-state index in [1.165, 1.54) is 13.2 Å². The fraction of sp³-hybridized carbons (Fsp3) is 0.462. The molecule has 0 aliphatic heterocycles. The molecule has 0 amide bonds. The van der Waals surface area contributed by atoms with Gasteiger partial charge in [-0.3, -0.25) is 10.1 Å². The first-order valence-corrected chi connectivity index (χ1v) is 5.61. The standard InChI is InChI=1S/C13H18FNO2/c1-9(2)12(13(16)17-3)15-8-10-6-4-5-7-11(10)14/h4-7,9,12,15H,8H2,1-3H3. The molecule has 3 nitrogen and oxygen atoms in total. The van der Waals surface area contributed by atoms with Gasteiger partial charge in [0, 0.05) is 12.1 Å². The van der Waals surface area contributed by atoms with Crippen LogP contribution >= 0.6 is 0 Å². The average molecular weight is 239 g/mol. The van der Waals surface area contributed by atoms with E-state index in [-0.39, 0.29) is 17.7 Å². The van der Waals surface area contributed by atoms with Crippen molar-refractivity contribution in [3.05, 3.63) is 35.6 Å². The molecule has 0 bridgehead atoms. The van der Waals surface area contributed by atoms with Gasteiger partial charge >= 0.3 is 5.97 Å².